The van der Waals surface area contributed by atoms with E-state index in [9.17, 15) is 4.79 Å². The van der Waals surface area contributed by atoms with Gasteiger partial charge in [-0.2, -0.15) is 0 Å². The quantitative estimate of drug-likeness (QED) is 0.819. The maximum atomic E-state index is 11.6. The van der Waals surface area contributed by atoms with Crippen molar-refractivity contribution in [1.82, 2.24) is 14.9 Å². The molecule has 1 atom stereocenters. The second-order valence-corrected chi connectivity index (χ2v) is 5.29. The highest BCUT2D eigenvalue weighted by Crippen LogP contribution is 2.23. The molecule has 5 nitrogen and oxygen atoms in total. The minimum absolute atomic E-state index is 0.331. The lowest BCUT2D eigenvalue weighted by molar-refractivity contribution is -0.124. The van der Waals surface area contributed by atoms with Crippen molar-refractivity contribution in [3.63, 3.8) is 0 Å². The van der Waals surface area contributed by atoms with Gasteiger partial charge in [0.1, 0.15) is 11.4 Å². The van der Waals surface area contributed by atoms with E-state index >= 15 is 0 Å². The van der Waals surface area contributed by atoms with Gasteiger partial charge in [0.15, 0.2) is 0 Å². The van der Waals surface area contributed by atoms with Crippen LogP contribution in [0.2, 0.25) is 0 Å². The van der Waals surface area contributed by atoms with Crippen LogP contribution in [0.3, 0.4) is 0 Å². The van der Waals surface area contributed by atoms with Crippen molar-refractivity contribution in [2.24, 2.45) is 5.73 Å². The Kier molecular flexibility index (Phi) is 3.43. The van der Waals surface area contributed by atoms with Gasteiger partial charge in [0, 0.05) is 5.69 Å². The number of hydrogen-bond acceptors (Lipinski definition) is 3. The largest absolute Gasteiger partial charge is 0.368 e. The Labute approximate surface area is 108 Å². The molecule has 1 unspecified atom stereocenters. The van der Waals surface area contributed by atoms with E-state index in [-0.39, 0.29) is 5.91 Å². The average Bonchev–Trinajstić information content (AvgIpc) is 2.65. The zero-order valence-electron chi connectivity index (χ0n) is 11.4. The summed E-state index contributed by atoms with van der Waals surface area (Å²) in [5, 5.41) is 3.03. The summed E-state index contributed by atoms with van der Waals surface area (Å²) in [6.45, 7) is 4.38. The van der Waals surface area contributed by atoms with Gasteiger partial charge in [0.2, 0.25) is 5.91 Å². The van der Waals surface area contributed by atoms with Crippen LogP contribution in [0, 0.1) is 6.92 Å². The molecule has 1 aliphatic carbocycles. The van der Waals surface area contributed by atoms with Gasteiger partial charge in [-0.15, -0.1) is 0 Å². The molecule has 1 heterocycles. The van der Waals surface area contributed by atoms with Crippen molar-refractivity contribution in [3.8, 4) is 0 Å². The number of likely N-dealkylation sites (N-methyl/N-ethyl adjacent to an activating group) is 1. The molecule has 0 aromatic carbocycles. The first-order valence-corrected chi connectivity index (χ1v) is 6.51. The number of nitrogens with two attached hydrogens (primary N) is 1. The first-order chi connectivity index (χ1) is 8.48. The topological polar surface area (TPSA) is 72.9 Å². The maximum Gasteiger partial charge on any atom is 0.239 e. The molecular weight excluding hydrogens is 228 g/mol. The summed E-state index contributed by atoms with van der Waals surface area (Å²) in [5.41, 5.74) is 7.24. The number of amides is 1. The molecule has 1 aromatic rings. The van der Waals surface area contributed by atoms with Gasteiger partial charge < -0.3 is 15.6 Å². The smallest absolute Gasteiger partial charge is 0.239 e. The highest BCUT2D eigenvalue weighted by molar-refractivity contribution is 5.84. The third-order valence-electron chi connectivity index (χ3n) is 3.99. The van der Waals surface area contributed by atoms with E-state index in [0.717, 1.165) is 18.7 Å². The number of carbonyl (C=O) groups excluding carboxylic acids is 1. The van der Waals surface area contributed by atoms with Crippen LogP contribution in [0.5, 0.6) is 0 Å². The Morgan fingerprint density at radius 2 is 2.17 bits per heavy atom. The van der Waals surface area contributed by atoms with Crippen LogP contribution in [0.15, 0.2) is 0 Å². The number of nitrogens with zero attached hydrogens (tertiary/aromatic N) is 2. The molecule has 1 amide bonds. The van der Waals surface area contributed by atoms with Crippen molar-refractivity contribution in [1.29, 1.82) is 0 Å². The van der Waals surface area contributed by atoms with Gasteiger partial charge in [-0.25, -0.2) is 4.98 Å². The molecule has 5 heteroatoms. The summed E-state index contributed by atoms with van der Waals surface area (Å²) in [6.07, 6.45) is 4.51. The van der Waals surface area contributed by atoms with Crippen molar-refractivity contribution in [2.45, 2.75) is 51.6 Å². The van der Waals surface area contributed by atoms with E-state index in [1.54, 1.807) is 7.05 Å². The standard InChI is InChI=1S/C13H22N4O/c1-9-16-10-6-4-5-7-11(10)17(9)8-13(2,15-3)12(14)18/h15H,4-8H2,1-3H3,(H2,14,18). The molecule has 1 aromatic heterocycles. The molecule has 100 valence electrons. The van der Waals surface area contributed by atoms with Gasteiger partial charge in [0.25, 0.3) is 0 Å². The van der Waals surface area contributed by atoms with E-state index in [4.69, 9.17) is 5.73 Å². The number of carbonyl (C=O) groups is 1. The first-order valence-electron chi connectivity index (χ1n) is 6.51. The number of hydrogen-bond donors (Lipinski definition) is 2. The second-order valence-electron chi connectivity index (χ2n) is 5.29. The van der Waals surface area contributed by atoms with Gasteiger partial charge in [0.05, 0.1) is 12.2 Å². The minimum atomic E-state index is -0.726. The molecule has 18 heavy (non-hydrogen) atoms. The molecule has 1 aliphatic rings. The average molecular weight is 250 g/mol. The zero-order chi connectivity index (χ0) is 13.3. The molecule has 0 fully saturated rings. The van der Waals surface area contributed by atoms with Crippen molar-refractivity contribution >= 4 is 5.91 Å². The van der Waals surface area contributed by atoms with Crippen molar-refractivity contribution in [2.75, 3.05) is 7.05 Å². The lowest BCUT2D eigenvalue weighted by atomic mass is 9.99. The molecule has 0 bridgehead atoms. The third kappa shape index (κ3) is 2.14. The lowest BCUT2D eigenvalue weighted by Crippen LogP contribution is -2.54. The van der Waals surface area contributed by atoms with E-state index in [1.807, 2.05) is 13.8 Å². The van der Waals surface area contributed by atoms with Crippen LogP contribution in [0.25, 0.3) is 0 Å². The maximum absolute atomic E-state index is 11.6. The number of imidazole rings is 1. The summed E-state index contributed by atoms with van der Waals surface area (Å²) >= 11 is 0. The van der Waals surface area contributed by atoms with Crippen molar-refractivity contribution < 1.29 is 4.79 Å². The van der Waals surface area contributed by atoms with E-state index in [0.29, 0.717) is 6.54 Å². The van der Waals surface area contributed by atoms with E-state index < -0.39 is 5.54 Å². The molecule has 0 radical (unpaired) electrons. The fourth-order valence-electron chi connectivity index (χ4n) is 2.54. The second kappa shape index (κ2) is 4.72. The summed E-state index contributed by atoms with van der Waals surface area (Å²) in [4.78, 5) is 16.2. The predicted octanol–water partition coefficient (Wildman–Crippen LogP) is 0.534. The Balaban J connectivity index is 2.34. The van der Waals surface area contributed by atoms with Crippen LogP contribution in [-0.4, -0.2) is 28.0 Å². The third-order valence-corrected chi connectivity index (χ3v) is 3.99. The molecule has 0 spiro atoms. The number of fused-ring (bicyclic) bond motifs is 1. The first kappa shape index (κ1) is 13.1. The van der Waals surface area contributed by atoms with Gasteiger partial charge in [-0.1, -0.05) is 0 Å². The summed E-state index contributed by atoms with van der Waals surface area (Å²) in [6, 6.07) is 0. The van der Waals surface area contributed by atoms with Crippen LogP contribution < -0.4 is 11.1 Å². The highest BCUT2D eigenvalue weighted by Gasteiger charge is 2.31. The van der Waals surface area contributed by atoms with E-state index in [1.165, 1.54) is 24.2 Å². The molecule has 2 rings (SSSR count). The Morgan fingerprint density at radius 3 is 2.78 bits per heavy atom. The number of aromatic nitrogens is 2. The summed E-state index contributed by atoms with van der Waals surface area (Å²) in [5.74, 6) is 0.646. The Hall–Kier alpha value is -1.36. The van der Waals surface area contributed by atoms with Crippen LogP contribution in [0.1, 0.15) is 37.0 Å². The number of aryl methyl sites for hydroxylation is 2. The molecule has 3 N–H and O–H groups in total. The van der Waals surface area contributed by atoms with Gasteiger partial charge in [-0.05, 0) is 46.6 Å². The Morgan fingerprint density at radius 1 is 1.50 bits per heavy atom. The Bertz CT molecular complexity index is 466. The molecule has 0 aliphatic heterocycles. The van der Waals surface area contributed by atoms with E-state index in [2.05, 4.69) is 14.9 Å². The number of rotatable bonds is 4. The van der Waals surface area contributed by atoms with Crippen LogP contribution in [-0.2, 0) is 24.2 Å². The summed E-state index contributed by atoms with van der Waals surface area (Å²) in [7, 11) is 1.77. The lowest BCUT2D eigenvalue weighted by Gasteiger charge is -2.28. The minimum Gasteiger partial charge on any atom is -0.368 e. The fourth-order valence-corrected chi connectivity index (χ4v) is 2.54. The number of nitrogens with one attached hydrogen (secondary N) is 1. The fraction of sp³-hybridized carbons (Fsp3) is 0.692. The SMILES string of the molecule is CNC(C)(Cn1c(C)nc2c1CCCC2)C(N)=O. The van der Waals surface area contributed by atoms with Crippen LogP contribution in [0.4, 0.5) is 0 Å². The monoisotopic (exact) mass is 250 g/mol. The number of primary amides is 1. The molecule has 0 saturated carbocycles. The van der Waals surface area contributed by atoms with Gasteiger partial charge in [-0.3, -0.25) is 4.79 Å². The molecular formula is C13H22N4O. The highest BCUT2D eigenvalue weighted by atomic mass is 16.1. The predicted molar refractivity (Wildman–Crippen MR) is 70.3 cm³/mol. The van der Waals surface area contributed by atoms with Crippen molar-refractivity contribution in [3.05, 3.63) is 17.2 Å². The van der Waals surface area contributed by atoms with Crippen LogP contribution >= 0.6 is 0 Å². The van der Waals surface area contributed by atoms with Gasteiger partial charge >= 0.3 is 0 Å². The molecule has 0 saturated heterocycles. The zero-order valence-corrected chi connectivity index (χ0v) is 11.4. The summed E-state index contributed by atoms with van der Waals surface area (Å²) < 4.78 is 2.15. The normalized spacial score (nSPS) is 18.2.